The molecule has 12 heteroatoms. The zero-order chi connectivity index (χ0) is 24.7. The Labute approximate surface area is 201 Å². The zero-order valence-electron chi connectivity index (χ0n) is 19.4. The van der Waals surface area contributed by atoms with Crippen molar-refractivity contribution in [3.8, 4) is 0 Å². The second-order valence-electron chi connectivity index (χ2n) is 9.17. The molecule has 6 nitrogen and oxygen atoms in total. The lowest BCUT2D eigenvalue weighted by molar-refractivity contribution is -0.137. The van der Waals surface area contributed by atoms with Gasteiger partial charge in [0, 0.05) is 25.0 Å². The van der Waals surface area contributed by atoms with Crippen molar-refractivity contribution in [1.29, 1.82) is 0 Å². The van der Waals surface area contributed by atoms with Gasteiger partial charge in [0.1, 0.15) is 5.82 Å². The number of allylic oxidation sites excluding steroid dienone is 1. The second-order valence-corrected chi connectivity index (χ2v) is 10.2. The number of alkyl halides is 3. The quantitative estimate of drug-likeness (QED) is 0.191. The lowest BCUT2D eigenvalue weighted by atomic mass is 9.97. The predicted molar refractivity (Wildman–Crippen MR) is 125 cm³/mol. The standard InChI is InChI=1S/C22H28BF4N5OS/c1-13(28-23)18(33)19-29-30-20(31(19)2)34-9-3-7-32-8-6-21(12-32)11-16(21)15-5-4-14(10-17(15)24)22(25,26)27/h4-5,10,16,28,33H,3,6-9,11-12,23H2,1-2H3/b18-13-/t16-,21+/m1/s1. The molecule has 1 spiro atoms. The van der Waals surface area contributed by atoms with Crippen molar-refractivity contribution in [3.05, 3.63) is 46.7 Å². The largest absolute Gasteiger partial charge is 0.503 e. The molecule has 2 fully saturated rings. The molecular weight excluding hydrogens is 469 g/mol. The van der Waals surface area contributed by atoms with Gasteiger partial charge in [0.15, 0.2) is 10.9 Å². The van der Waals surface area contributed by atoms with E-state index in [0.29, 0.717) is 23.2 Å². The highest BCUT2D eigenvalue weighted by Gasteiger charge is 2.58. The first kappa shape index (κ1) is 24.9. The molecule has 0 unspecified atom stereocenters. The van der Waals surface area contributed by atoms with E-state index in [-0.39, 0.29) is 17.1 Å². The van der Waals surface area contributed by atoms with Crippen molar-refractivity contribution >= 4 is 25.5 Å². The molecule has 2 aromatic rings. The molecule has 4 rings (SSSR count). The number of aromatic nitrogens is 3. The van der Waals surface area contributed by atoms with Crippen LogP contribution < -0.4 is 5.23 Å². The number of hydrogen-bond donors (Lipinski definition) is 2. The third-order valence-corrected chi connectivity index (χ3v) is 8.09. The Kier molecular flexibility index (Phi) is 6.92. The Morgan fingerprint density at radius 1 is 1.35 bits per heavy atom. The summed E-state index contributed by atoms with van der Waals surface area (Å²) in [4.78, 5) is 2.36. The van der Waals surface area contributed by atoms with Crippen LogP contribution in [0.3, 0.4) is 0 Å². The Morgan fingerprint density at radius 3 is 2.79 bits per heavy atom. The average molecular weight is 497 g/mol. The predicted octanol–water partition coefficient (Wildman–Crippen LogP) is 3.72. The van der Waals surface area contributed by atoms with Gasteiger partial charge in [-0.2, -0.15) is 13.2 Å². The fourth-order valence-electron chi connectivity index (χ4n) is 4.78. The molecule has 184 valence electrons. The number of rotatable bonds is 8. The van der Waals surface area contributed by atoms with E-state index in [2.05, 4.69) is 20.3 Å². The van der Waals surface area contributed by atoms with Crippen molar-refractivity contribution in [3.63, 3.8) is 0 Å². The maximum absolute atomic E-state index is 14.4. The van der Waals surface area contributed by atoms with Gasteiger partial charge in [0.05, 0.1) is 5.56 Å². The number of nitrogens with zero attached hydrogens (tertiary/aromatic N) is 4. The van der Waals surface area contributed by atoms with E-state index in [9.17, 15) is 22.7 Å². The number of likely N-dealkylation sites (tertiary alicyclic amines) is 1. The van der Waals surface area contributed by atoms with E-state index in [1.54, 1.807) is 31.2 Å². The number of benzene rings is 1. The van der Waals surface area contributed by atoms with Crippen LogP contribution in [0.5, 0.6) is 0 Å². The van der Waals surface area contributed by atoms with Crippen LogP contribution in [0.2, 0.25) is 0 Å². The van der Waals surface area contributed by atoms with Crippen LogP contribution >= 0.6 is 11.8 Å². The molecule has 1 saturated carbocycles. The molecule has 34 heavy (non-hydrogen) atoms. The number of aliphatic hydroxyl groups excluding tert-OH is 1. The van der Waals surface area contributed by atoms with Gasteiger partial charge in [-0.3, -0.25) is 0 Å². The first-order chi connectivity index (χ1) is 16.1. The van der Waals surface area contributed by atoms with Crippen LogP contribution in [0.4, 0.5) is 17.6 Å². The number of nitrogens with one attached hydrogen (secondary N) is 1. The molecular formula is C22H28BF4N5OS. The Morgan fingerprint density at radius 2 is 2.12 bits per heavy atom. The Hall–Kier alpha value is -2.21. The molecule has 1 aliphatic carbocycles. The van der Waals surface area contributed by atoms with E-state index in [4.69, 9.17) is 0 Å². The van der Waals surface area contributed by atoms with Crippen molar-refractivity contribution in [2.45, 2.75) is 43.4 Å². The van der Waals surface area contributed by atoms with Gasteiger partial charge in [-0.25, -0.2) is 4.39 Å². The van der Waals surface area contributed by atoms with Gasteiger partial charge >= 0.3 is 6.18 Å². The van der Waals surface area contributed by atoms with Crippen molar-refractivity contribution in [2.24, 2.45) is 12.5 Å². The summed E-state index contributed by atoms with van der Waals surface area (Å²) in [5.41, 5.74) is 0.0765. The minimum absolute atomic E-state index is 0.00646. The van der Waals surface area contributed by atoms with Crippen LogP contribution in [0.1, 0.15) is 49.1 Å². The molecule has 2 aliphatic rings. The minimum atomic E-state index is -4.53. The van der Waals surface area contributed by atoms with Crippen molar-refractivity contribution < 1.29 is 22.7 Å². The maximum atomic E-state index is 14.4. The topological polar surface area (TPSA) is 66.2 Å². The van der Waals surface area contributed by atoms with Gasteiger partial charge in [-0.1, -0.05) is 17.8 Å². The normalized spacial score (nSPS) is 23.4. The highest BCUT2D eigenvalue weighted by Crippen LogP contribution is 2.64. The van der Waals surface area contributed by atoms with Crippen molar-refractivity contribution in [2.75, 3.05) is 25.4 Å². The van der Waals surface area contributed by atoms with Crippen LogP contribution in [0.15, 0.2) is 29.1 Å². The Bertz CT molecular complexity index is 1090. The third kappa shape index (κ3) is 4.93. The highest BCUT2D eigenvalue weighted by molar-refractivity contribution is 7.99. The average Bonchev–Trinajstić information content (AvgIpc) is 3.12. The lowest BCUT2D eigenvalue weighted by Gasteiger charge is -2.16. The summed E-state index contributed by atoms with van der Waals surface area (Å²) in [5.74, 6) is 0.553. The SMILES string of the molecule is BN/C(C)=C(\O)c1nnc(SCCCN2CC[C@]3(C[C@@H]3c3ccc(C(F)(F)F)cc3F)C2)n1C. The Balaban J connectivity index is 1.26. The van der Waals surface area contributed by atoms with Gasteiger partial charge in [-0.05, 0) is 68.3 Å². The molecule has 1 aromatic heterocycles. The zero-order valence-corrected chi connectivity index (χ0v) is 20.2. The summed E-state index contributed by atoms with van der Waals surface area (Å²) < 4.78 is 54.6. The molecule has 0 amide bonds. The smallest absolute Gasteiger partial charge is 0.416 e. The van der Waals surface area contributed by atoms with E-state index < -0.39 is 17.6 Å². The molecule has 2 N–H and O–H groups in total. The summed E-state index contributed by atoms with van der Waals surface area (Å²) in [5, 5.41) is 22.1. The van der Waals surface area contributed by atoms with Gasteiger partial charge < -0.3 is 19.8 Å². The van der Waals surface area contributed by atoms with Crippen LogP contribution in [0.25, 0.3) is 5.76 Å². The van der Waals surface area contributed by atoms with Crippen LogP contribution in [-0.2, 0) is 13.2 Å². The summed E-state index contributed by atoms with van der Waals surface area (Å²) in [7, 11) is 3.54. The fraction of sp³-hybridized carbons (Fsp3) is 0.545. The van der Waals surface area contributed by atoms with Crippen LogP contribution in [-0.4, -0.2) is 58.1 Å². The summed E-state index contributed by atoms with van der Waals surface area (Å²) in [6.07, 6.45) is -1.84. The minimum Gasteiger partial charge on any atom is -0.503 e. The summed E-state index contributed by atoms with van der Waals surface area (Å²) in [6.45, 7) is 4.42. The molecule has 2 atom stereocenters. The van der Waals surface area contributed by atoms with E-state index in [0.717, 1.165) is 55.9 Å². The van der Waals surface area contributed by atoms with E-state index in [1.807, 2.05) is 7.05 Å². The maximum Gasteiger partial charge on any atom is 0.416 e. The van der Waals surface area contributed by atoms with Gasteiger partial charge in [-0.15, -0.1) is 10.2 Å². The van der Waals surface area contributed by atoms with Gasteiger partial charge in [0.2, 0.25) is 13.8 Å². The first-order valence-electron chi connectivity index (χ1n) is 11.2. The monoisotopic (exact) mass is 497 g/mol. The lowest BCUT2D eigenvalue weighted by Crippen LogP contribution is -2.23. The fourth-order valence-corrected chi connectivity index (χ4v) is 5.62. The van der Waals surface area contributed by atoms with Gasteiger partial charge in [0.25, 0.3) is 0 Å². The number of thioether (sulfide) groups is 1. The summed E-state index contributed by atoms with van der Waals surface area (Å²) >= 11 is 1.57. The first-order valence-corrected chi connectivity index (χ1v) is 12.2. The number of halogens is 4. The van der Waals surface area contributed by atoms with Crippen LogP contribution in [0, 0.1) is 11.2 Å². The molecule has 0 radical (unpaired) electrons. The van der Waals surface area contributed by atoms with E-state index >= 15 is 0 Å². The third-order valence-electron chi connectivity index (χ3n) is 6.98. The second kappa shape index (κ2) is 9.45. The summed E-state index contributed by atoms with van der Waals surface area (Å²) in [6, 6.07) is 2.93. The molecule has 1 aliphatic heterocycles. The molecule has 0 bridgehead atoms. The number of aliphatic hydroxyl groups is 1. The number of hydrogen-bond acceptors (Lipinski definition) is 6. The van der Waals surface area contributed by atoms with Crippen molar-refractivity contribution in [1.82, 2.24) is 24.9 Å². The highest BCUT2D eigenvalue weighted by atomic mass is 32.2. The van der Waals surface area contributed by atoms with E-state index in [1.165, 1.54) is 6.07 Å². The molecule has 1 aromatic carbocycles. The molecule has 1 saturated heterocycles. The molecule has 2 heterocycles.